The first-order chi connectivity index (χ1) is 8.16. The maximum Gasteiger partial charge on any atom is 0.110 e. The molecule has 0 saturated heterocycles. The number of aromatic nitrogens is 2. The van der Waals surface area contributed by atoms with Crippen LogP contribution in [0.15, 0.2) is 35.1 Å². The van der Waals surface area contributed by atoms with Gasteiger partial charge in [-0.1, -0.05) is 15.9 Å². The smallest absolute Gasteiger partial charge is 0.110 e. The van der Waals surface area contributed by atoms with Crippen molar-refractivity contribution in [3.8, 4) is 0 Å². The van der Waals surface area contributed by atoms with Crippen LogP contribution in [0.3, 0.4) is 0 Å². The number of rotatable bonds is 4. The molecule has 3 nitrogen and oxygen atoms in total. The van der Waals surface area contributed by atoms with Crippen molar-refractivity contribution in [1.82, 2.24) is 9.55 Å². The largest absolute Gasteiger partial charge is 0.384 e. The lowest BCUT2D eigenvalue weighted by atomic mass is 10.2. The van der Waals surface area contributed by atoms with Gasteiger partial charge in [0, 0.05) is 42.6 Å². The molecule has 4 heteroatoms. The normalized spacial score (nSPS) is 10.5. The second-order valence-corrected chi connectivity index (χ2v) is 5.01. The monoisotopic (exact) mass is 293 g/mol. The van der Waals surface area contributed by atoms with Crippen LogP contribution in [-0.4, -0.2) is 16.1 Å². The summed E-state index contributed by atoms with van der Waals surface area (Å²) < 4.78 is 3.17. The molecule has 0 spiro atoms. The third kappa shape index (κ3) is 3.09. The molecule has 0 aliphatic carbocycles. The molecule has 0 bridgehead atoms. The summed E-state index contributed by atoms with van der Waals surface area (Å²) in [5.41, 5.74) is 2.43. The molecular weight excluding hydrogens is 278 g/mol. The summed E-state index contributed by atoms with van der Waals surface area (Å²) >= 11 is 3.46. The standard InChI is InChI=1S/C13H16BrN3/c1-10-9-11(14)3-4-12(10)15-6-5-13-16-7-8-17(13)2/h3-4,7-9,15H,5-6H2,1-2H3. The Labute approximate surface area is 110 Å². The van der Waals surface area contributed by atoms with Gasteiger partial charge >= 0.3 is 0 Å². The Hall–Kier alpha value is -1.29. The summed E-state index contributed by atoms with van der Waals surface area (Å²) in [6.07, 6.45) is 4.74. The van der Waals surface area contributed by atoms with Gasteiger partial charge in [-0.25, -0.2) is 4.98 Å². The van der Waals surface area contributed by atoms with Crippen molar-refractivity contribution in [2.45, 2.75) is 13.3 Å². The Morgan fingerprint density at radius 3 is 2.88 bits per heavy atom. The zero-order valence-electron chi connectivity index (χ0n) is 10.1. The molecule has 2 aromatic rings. The highest BCUT2D eigenvalue weighted by molar-refractivity contribution is 9.10. The topological polar surface area (TPSA) is 29.9 Å². The molecule has 1 N–H and O–H groups in total. The van der Waals surface area contributed by atoms with Crippen molar-refractivity contribution in [2.24, 2.45) is 7.05 Å². The molecule has 0 aliphatic rings. The van der Waals surface area contributed by atoms with E-state index >= 15 is 0 Å². The molecule has 90 valence electrons. The van der Waals surface area contributed by atoms with Crippen molar-refractivity contribution in [3.05, 3.63) is 46.5 Å². The lowest BCUT2D eigenvalue weighted by Crippen LogP contribution is -2.09. The number of anilines is 1. The Kier molecular flexibility index (Phi) is 3.84. The number of halogens is 1. The van der Waals surface area contributed by atoms with Gasteiger partial charge in [0.05, 0.1) is 0 Å². The zero-order chi connectivity index (χ0) is 12.3. The van der Waals surface area contributed by atoms with Crippen molar-refractivity contribution >= 4 is 21.6 Å². The van der Waals surface area contributed by atoms with E-state index in [1.54, 1.807) is 0 Å². The summed E-state index contributed by atoms with van der Waals surface area (Å²) in [5.74, 6) is 1.10. The lowest BCUT2D eigenvalue weighted by Gasteiger charge is -2.09. The second-order valence-electron chi connectivity index (χ2n) is 4.09. The Bertz CT molecular complexity index is 505. The molecule has 0 aliphatic heterocycles. The molecule has 2 rings (SSSR count). The van der Waals surface area contributed by atoms with Crippen LogP contribution in [0.25, 0.3) is 0 Å². The number of nitrogens with zero attached hydrogens (tertiary/aromatic N) is 2. The van der Waals surface area contributed by atoms with E-state index in [0.29, 0.717) is 0 Å². The first-order valence-electron chi connectivity index (χ1n) is 5.63. The summed E-state index contributed by atoms with van der Waals surface area (Å²) in [6, 6.07) is 6.26. The van der Waals surface area contributed by atoms with E-state index in [9.17, 15) is 0 Å². The minimum Gasteiger partial charge on any atom is -0.384 e. The van der Waals surface area contributed by atoms with Gasteiger partial charge in [0.1, 0.15) is 5.82 Å². The quantitative estimate of drug-likeness (QED) is 0.939. The number of hydrogen-bond acceptors (Lipinski definition) is 2. The van der Waals surface area contributed by atoms with Crippen LogP contribution < -0.4 is 5.32 Å². The first kappa shape index (κ1) is 12.2. The third-order valence-corrected chi connectivity index (χ3v) is 3.27. The maximum absolute atomic E-state index is 4.30. The highest BCUT2D eigenvalue weighted by atomic mass is 79.9. The van der Waals surface area contributed by atoms with Crippen molar-refractivity contribution in [2.75, 3.05) is 11.9 Å². The average molecular weight is 294 g/mol. The molecule has 17 heavy (non-hydrogen) atoms. The van der Waals surface area contributed by atoms with Crippen LogP contribution in [0.2, 0.25) is 0 Å². The van der Waals surface area contributed by atoms with Gasteiger partial charge in [-0.3, -0.25) is 0 Å². The van der Waals surface area contributed by atoms with Crippen LogP contribution in [0.4, 0.5) is 5.69 Å². The van der Waals surface area contributed by atoms with Gasteiger partial charge in [-0.2, -0.15) is 0 Å². The Morgan fingerprint density at radius 2 is 2.24 bits per heavy atom. The zero-order valence-corrected chi connectivity index (χ0v) is 11.7. The molecule has 0 fully saturated rings. The first-order valence-corrected chi connectivity index (χ1v) is 6.42. The predicted octanol–water partition coefficient (Wildman–Crippen LogP) is 3.15. The van der Waals surface area contributed by atoms with Gasteiger partial charge in [0.25, 0.3) is 0 Å². The van der Waals surface area contributed by atoms with E-state index in [1.165, 1.54) is 11.3 Å². The van der Waals surface area contributed by atoms with E-state index in [-0.39, 0.29) is 0 Å². The number of hydrogen-bond donors (Lipinski definition) is 1. The van der Waals surface area contributed by atoms with E-state index in [4.69, 9.17) is 0 Å². The fraction of sp³-hybridized carbons (Fsp3) is 0.308. The molecular formula is C13H16BrN3. The van der Waals surface area contributed by atoms with E-state index in [0.717, 1.165) is 23.3 Å². The molecule has 0 unspecified atom stereocenters. The van der Waals surface area contributed by atoms with Crippen molar-refractivity contribution in [1.29, 1.82) is 0 Å². The average Bonchev–Trinajstić information content (AvgIpc) is 2.68. The number of benzene rings is 1. The van der Waals surface area contributed by atoms with Crippen LogP contribution >= 0.6 is 15.9 Å². The van der Waals surface area contributed by atoms with Crippen molar-refractivity contribution < 1.29 is 0 Å². The summed E-state index contributed by atoms with van der Waals surface area (Å²) in [4.78, 5) is 4.30. The van der Waals surface area contributed by atoms with E-state index in [2.05, 4.69) is 55.9 Å². The minimum atomic E-state index is 0.896. The molecule has 0 atom stereocenters. The molecule has 1 aromatic heterocycles. The second kappa shape index (κ2) is 5.36. The summed E-state index contributed by atoms with van der Waals surface area (Å²) in [5, 5.41) is 3.43. The number of imidazole rings is 1. The molecule has 1 aromatic carbocycles. The van der Waals surface area contributed by atoms with Gasteiger partial charge in [-0.05, 0) is 30.7 Å². The van der Waals surface area contributed by atoms with Gasteiger partial charge in [0.2, 0.25) is 0 Å². The fourth-order valence-corrected chi connectivity index (χ4v) is 2.25. The van der Waals surface area contributed by atoms with Crippen LogP contribution in [0, 0.1) is 6.92 Å². The van der Waals surface area contributed by atoms with Gasteiger partial charge in [-0.15, -0.1) is 0 Å². The SMILES string of the molecule is Cc1cc(Br)ccc1NCCc1nccn1C. The number of nitrogens with one attached hydrogen (secondary N) is 1. The van der Waals surface area contributed by atoms with E-state index in [1.807, 2.05) is 19.4 Å². The Morgan fingerprint density at radius 1 is 1.41 bits per heavy atom. The summed E-state index contributed by atoms with van der Waals surface area (Å²) in [6.45, 7) is 3.00. The highest BCUT2D eigenvalue weighted by Gasteiger charge is 2.01. The summed E-state index contributed by atoms with van der Waals surface area (Å²) in [7, 11) is 2.02. The van der Waals surface area contributed by atoms with E-state index < -0.39 is 0 Å². The van der Waals surface area contributed by atoms with Gasteiger partial charge < -0.3 is 9.88 Å². The van der Waals surface area contributed by atoms with Gasteiger partial charge in [0.15, 0.2) is 0 Å². The van der Waals surface area contributed by atoms with Crippen LogP contribution in [0.1, 0.15) is 11.4 Å². The van der Waals surface area contributed by atoms with Crippen LogP contribution in [0.5, 0.6) is 0 Å². The lowest BCUT2D eigenvalue weighted by molar-refractivity contribution is 0.789. The molecule has 0 radical (unpaired) electrons. The maximum atomic E-state index is 4.30. The predicted molar refractivity (Wildman–Crippen MR) is 74.3 cm³/mol. The highest BCUT2D eigenvalue weighted by Crippen LogP contribution is 2.19. The number of aryl methyl sites for hydroxylation is 2. The minimum absolute atomic E-state index is 0.896. The third-order valence-electron chi connectivity index (χ3n) is 2.77. The van der Waals surface area contributed by atoms with Crippen molar-refractivity contribution in [3.63, 3.8) is 0 Å². The van der Waals surface area contributed by atoms with Crippen LogP contribution in [-0.2, 0) is 13.5 Å². The molecule has 0 saturated carbocycles. The fourth-order valence-electron chi connectivity index (χ4n) is 1.77. The molecule has 0 amide bonds. The molecule has 1 heterocycles. The Balaban J connectivity index is 1.92.